The molecule has 0 spiro atoms. The number of ether oxygens (including phenoxy) is 2. The summed E-state index contributed by atoms with van der Waals surface area (Å²) in [4.78, 5) is 11.7. The topological polar surface area (TPSA) is 59.5 Å². The van der Waals surface area contributed by atoms with Crippen LogP contribution in [0.3, 0.4) is 0 Å². The van der Waals surface area contributed by atoms with Gasteiger partial charge in [-0.1, -0.05) is 18.2 Å². The Kier molecular flexibility index (Phi) is 4.86. The maximum atomic E-state index is 5.91. The molecule has 3 heterocycles. The van der Waals surface area contributed by atoms with Gasteiger partial charge >= 0.3 is 0 Å². The molecule has 6 nitrogen and oxygen atoms in total. The number of benzene rings is 1. The van der Waals surface area contributed by atoms with Crippen molar-refractivity contribution in [3.63, 3.8) is 0 Å². The van der Waals surface area contributed by atoms with Gasteiger partial charge in [-0.05, 0) is 24.6 Å². The molecule has 0 radical (unpaired) electrons. The Morgan fingerprint density at radius 3 is 3.04 bits per heavy atom. The largest absolute Gasteiger partial charge is 0.489 e. The van der Waals surface area contributed by atoms with E-state index in [0.717, 1.165) is 48.3 Å². The summed E-state index contributed by atoms with van der Waals surface area (Å²) in [5.74, 6) is 2.61. The van der Waals surface area contributed by atoms with Gasteiger partial charge in [0, 0.05) is 37.5 Å². The minimum absolute atomic E-state index is 0.0498. The van der Waals surface area contributed by atoms with Gasteiger partial charge in [-0.2, -0.15) is 0 Å². The van der Waals surface area contributed by atoms with E-state index < -0.39 is 0 Å². The molecule has 0 saturated carbocycles. The molecule has 1 N–H and O–H groups in total. The van der Waals surface area contributed by atoms with E-state index in [1.165, 1.54) is 5.57 Å². The van der Waals surface area contributed by atoms with Crippen molar-refractivity contribution in [3.8, 4) is 5.75 Å². The number of hydrogen-bond donors (Lipinski definition) is 1. The number of para-hydroxylation sites is 1. The molecule has 1 atom stereocenters. The summed E-state index contributed by atoms with van der Waals surface area (Å²) < 4.78 is 11.6. The van der Waals surface area contributed by atoms with Gasteiger partial charge < -0.3 is 14.8 Å². The van der Waals surface area contributed by atoms with Crippen LogP contribution >= 0.6 is 0 Å². The summed E-state index contributed by atoms with van der Waals surface area (Å²) in [5.41, 5.74) is 3.36. The fourth-order valence-corrected chi connectivity index (χ4v) is 3.45. The number of morpholine rings is 1. The Bertz CT molecular complexity index is 821. The normalized spacial score (nSPS) is 20.1. The maximum Gasteiger partial charge on any atom is 0.150 e. The molecule has 26 heavy (non-hydrogen) atoms. The Hall–Kier alpha value is -2.44. The van der Waals surface area contributed by atoms with E-state index in [9.17, 15) is 0 Å². The number of aromatic nitrogens is 2. The minimum atomic E-state index is 0.0498. The first kappa shape index (κ1) is 17.0. The van der Waals surface area contributed by atoms with Crippen LogP contribution in [0, 0.1) is 6.92 Å². The van der Waals surface area contributed by atoms with Gasteiger partial charge in [-0.25, -0.2) is 9.97 Å². The predicted octanol–water partition coefficient (Wildman–Crippen LogP) is 2.68. The average molecular weight is 352 g/mol. The third-order valence-electron chi connectivity index (χ3n) is 4.76. The second kappa shape index (κ2) is 7.43. The number of rotatable bonds is 4. The zero-order valence-corrected chi connectivity index (χ0v) is 15.2. The fraction of sp³-hybridized carbons (Fsp3) is 0.400. The molecule has 2 aromatic rings. The van der Waals surface area contributed by atoms with Crippen LogP contribution in [0.5, 0.6) is 5.75 Å². The Balaban J connectivity index is 1.57. The van der Waals surface area contributed by atoms with E-state index in [2.05, 4.69) is 32.3 Å². The molecule has 0 unspecified atom stereocenters. The van der Waals surface area contributed by atoms with Crippen molar-refractivity contribution in [3.05, 3.63) is 53.0 Å². The Labute approximate surface area is 153 Å². The molecule has 4 rings (SSSR count). The molecule has 6 heteroatoms. The van der Waals surface area contributed by atoms with Crippen molar-refractivity contribution in [2.75, 3.05) is 45.3 Å². The van der Waals surface area contributed by atoms with Gasteiger partial charge in [0.1, 0.15) is 24.0 Å². The molecule has 0 aliphatic carbocycles. The maximum absolute atomic E-state index is 5.91. The van der Waals surface area contributed by atoms with Gasteiger partial charge in [0.15, 0.2) is 0 Å². The highest BCUT2D eigenvalue weighted by Crippen LogP contribution is 2.29. The first-order valence-corrected chi connectivity index (χ1v) is 8.99. The average Bonchev–Trinajstić information content (AvgIpc) is 2.68. The van der Waals surface area contributed by atoms with E-state index in [4.69, 9.17) is 9.47 Å². The summed E-state index contributed by atoms with van der Waals surface area (Å²) in [6.45, 7) is 5.64. The number of aryl methyl sites for hydroxylation is 1. The van der Waals surface area contributed by atoms with Crippen LogP contribution < -0.4 is 10.1 Å². The number of fused-ring (bicyclic) bond motifs is 1. The smallest absolute Gasteiger partial charge is 0.150 e. The van der Waals surface area contributed by atoms with Gasteiger partial charge in [-0.3, -0.25) is 4.90 Å². The molecule has 1 aromatic carbocycles. The summed E-state index contributed by atoms with van der Waals surface area (Å²) in [5, 5.41) is 3.11. The molecule has 2 aliphatic rings. The predicted molar refractivity (Wildman–Crippen MR) is 101 cm³/mol. The molecule has 136 valence electrons. The fourth-order valence-electron chi connectivity index (χ4n) is 3.45. The van der Waals surface area contributed by atoms with Gasteiger partial charge in [0.05, 0.1) is 19.3 Å². The van der Waals surface area contributed by atoms with E-state index in [1.807, 2.05) is 38.2 Å². The Morgan fingerprint density at radius 1 is 1.27 bits per heavy atom. The molecule has 1 saturated heterocycles. The minimum Gasteiger partial charge on any atom is -0.489 e. The van der Waals surface area contributed by atoms with Crippen LogP contribution in [0.2, 0.25) is 0 Å². The van der Waals surface area contributed by atoms with Gasteiger partial charge in [0.2, 0.25) is 0 Å². The van der Waals surface area contributed by atoms with Crippen LogP contribution in [-0.2, 0) is 4.74 Å². The molecule has 0 bridgehead atoms. The first-order chi connectivity index (χ1) is 12.7. The van der Waals surface area contributed by atoms with Crippen molar-refractivity contribution in [2.24, 2.45) is 0 Å². The zero-order chi connectivity index (χ0) is 17.9. The van der Waals surface area contributed by atoms with E-state index in [-0.39, 0.29) is 6.04 Å². The monoisotopic (exact) mass is 352 g/mol. The quantitative estimate of drug-likeness (QED) is 0.913. The SMILES string of the molecule is CNc1cc(C)nc([C@@H]2COCCN2CC2=Cc3ccccc3OC2)n1. The molecule has 0 amide bonds. The van der Waals surface area contributed by atoms with E-state index in [0.29, 0.717) is 13.2 Å². The number of nitrogens with one attached hydrogen (secondary N) is 1. The van der Waals surface area contributed by atoms with Crippen LogP contribution in [0.1, 0.15) is 23.1 Å². The van der Waals surface area contributed by atoms with Crippen LogP contribution in [0.15, 0.2) is 35.9 Å². The van der Waals surface area contributed by atoms with Crippen LogP contribution in [0.4, 0.5) is 5.82 Å². The molecule has 1 aromatic heterocycles. The highest BCUT2D eigenvalue weighted by Gasteiger charge is 2.28. The summed E-state index contributed by atoms with van der Waals surface area (Å²) in [7, 11) is 1.88. The van der Waals surface area contributed by atoms with Crippen LogP contribution in [-0.4, -0.2) is 54.8 Å². The second-order valence-corrected chi connectivity index (χ2v) is 6.69. The summed E-state index contributed by atoms with van der Waals surface area (Å²) in [6.07, 6.45) is 2.24. The lowest BCUT2D eigenvalue weighted by molar-refractivity contribution is -0.00775. The van der Waals surface area contributed by atoms with Crippen molar-refractivity contribution >= 4 is 11.9 Å². The summed E-state index contributed by atoms with van der Waals surface area (Å²) in [6, 6.07) is 10.2. The molecule has 1 fully saturated rings. The van der Waals surface area contributed by atoms with Crippen molar-refractivity contribution < 1.29 is 9.47 Å². The third kappa shape index (κ3) is 3.57. The van der Waals surface area contributed by atoms with E-state index >= 15 is 0 Å². The highest BCUT2D eigenvalue weighted by molar-refractivity contribution is 5.62. The number of anilines is 1. The van der Waals surface area contributed by atoms with E-state index in [1.54, 1.807) is 0 Å². The number of hydrogen-bond acceptors (Lipinski definition) is 6. The van der Waals surface area contributed by atoms with Crippen molar-refractivity contribution in [1.29, 1.82) is 0 Å². The molecular weight excluding hydrogens is 328 g/mol. The number of nitrogens with zero attached hydrogens (tertiary/aromatic N) is 3. The third-order valence-corrected chi connectivity index (χ3v) is 4.76. The molecule has 2 aliphatic heterocycles. The van der Waals surface area contributed by atoms with Crippen molar-refractivity contribution in [2.45, 2.75) is 13.0 Å². The van der Waals surface area contributed by atoms with Gasteiger partial charge in [-0.15, -0.1) is 0 Å². The highest BCUT2D eigenvalue weighted by atomic mass is 16.5. The van der Waals surface area contributed by atoms with Gasteiger partial charge in [0.25, 0.3) is 0 Å². The lowest BCUT2D eigenvalue weighted by Gasteiger charge is -2.35. The first-order valence-electron chi connectivity index (χ1n) is 8.99. The summed E-state index contributed by atoms with van der Waals surface area (Å²) >= 11 is 0. The van der Waals surface area contributed by atoms with Crippen molar-refractivity contribution in [1.82, 2.24) is 14.9 Å². The zero-order valence-electron chi connectivity index (χ0n) is 15.2. The standard InChI is InChI=1S/C20H24N4O2/c1-14-9-19(21-2)23-20(22-14)17-13-25-8-7-24(17)11-15-10-16-5-3-4-6-18(16)26-12-15/h3-6,9-10,17H,7-8,11-13H2,1-2H3,(H,21,22,23)/t17-/m0/s1. The lowest BCUT2D eigenvalue weighted by Crippen LogP contribution is -2.42. The van der Waals surface area contributed by atoms with Crippen LogP contribution in [0.25, 0.3) is 6.08 Å². The lowest BCUT2D eigenvalue weighted by atomic mass is 10.1. The Morgan fingerprint density at radius 2 is 2.15 bits per heavy atom. The molecular formula is C20H24N4O2. The second-order valence-electron chi connectivity index (χ2n) is 6.69.